The topological polar surface area (TPSA) is 78.5 Å². The molecule has 7 heteroatoms. The van der Waals surface area contributed by atoms with Crippen LogP contribution in [0.3, 0.4) is 0 Å². The average molecular weight is 369 g/mol. The van der Waals surface area contributed by atoms with E-state index in [0.29, 0.717) is 18.7 Å². The molecule has 0 aromatic heterocycles. The third-order valence-corrected chi connectivity index (χ3v) is 4.25. The molecule has 1 fully saturated rings. The molecule has 0 aliphatic carbocycles. The standard InChI is InChI=1S/C20H20FN3O3/c1-13(25)22-15-6-9-17(21)18(12-15)23-19(26)11-14-4-7-16(8-5-14)24-10-2-3-20(24)27/h4-9,12H,2-3,10-11H2,1H3,(H,22,25)(H,23,26). The van der Waals surface area contributed by atoms with E-state index < -0.39 is 5.82 Å². The van der Waals surface area contributed by atoms with E-state index in [1.165, 1.54) is 25.1 Å². The summed E-state index contributed by atoms with van der Waals surface area (Å²) in [7, 11) is 0. The molecule has 27 heavy (non-hydrogen) atoms. The summed E-state index contributed by atoms with van der Waals surface area (Å²) in [6.45, 7) is 2.06. The number of halogens is 1. The Labute approximate surface area is 156 Å². The molecule has 2 N–H and O–H groups in total. The maximum Gasteiger partial charge on any atom is 0.228 e. The fourth-order valence-electron chi connectivity index (χ4n) is 3.00. The average Bonchev–Trinajstić information content (AvgIpc) is 3.04. The number of carbonyl (C=O) groups is 3. The molecule has 0 bridgehead atoms. The van der Waals surface area contributed by atoms with Gasteiger partial charge in [0.15, 0.2) is 0 Å². The van der Waals surface area contributed by atoms with Gasteiger partial charge in [0.05, 0.1) is 12.1 Å². The first-order chi connectivity index (χ1) is 12.9. The highest BCUT2D eigenvalue weighted by atomic mass is 19.1. The smallest absolute Gasteiger partial charge is 0.228 e. The molecule has 0 atom stereocenters. The number of nitrogens with one attached hydrogen (secondary N) is 2. The van der Waals surface area contributed by atoms with Crippen LogP contribution in [0.15, 0.2) is 42.5 Å². The second-order valence-corrected chi connectivity index (χ2v) is 6.42. The van der Waals surface area contributed by atoms with Crippen LogP contribution in [0.2, 0.25) is 0 Å². The van der Waals surface area contributed by atoms with Gasteiger partial charge in [0.1, 0.15) is 5.82 Å². The molecule has 1 aliphatic rings. The highest BCUT2D eigenvalue weighted by Crippen LogP contribution is 2.23. The molecule has 0 spiro atoms. The van der Waals surface area contributed by atoms with Crippen molar-refractivity contribution in [2.24, 2.45) is 0 Å². The summed E-state index contributed by atoms with van der Waals surface area (Å²) < 4.78 is 13.9. The van der Waals surface area contributed by atoms with E-state index in [0.717, 1.165) is 17.7 Å². The number of carbonyl (C=O) groups excluding carboxylic acids is 3. The van der Waals surface area contributed by atoms with Gasteiger partial charge in [-0.1, -0.05) is 12.1 Å². The van der Waals surface area contributed by atoms with Gasteiger partial charge in [0, 0.05) is 31.3 Å². The Hall–Kier alpha value is -3.22. The zero-order valence-electron chi connectivity index (χ0n) is 14.9. The lowest BCUT2D eigenvalue weighted by Crippen LogP contribution is -2.23. The van der Waals surface area contributed by atoms with Crippen molar-refractivity contribution in [3.8, 4) is 0 Å². The molecule has 0 saturated carbocycles. The molecule has 1 saturated heterocycles. The van der Waals surface area contributed by atoms with Crippen LogP contribution in [0.5, 0.6) is 0 Å². The lowest BCUT2D eigenvalue weighted by Gasteiger charge is -2.16. The zero-order valence-corrected chi connectivity index (χ0v) is 14.9. The molecule has 6 nitrogen and oxygen atoms in total. The zero-order chi connectivity index (χ0) is 19.4. The Bertz CT molecular complexity index is 881. The Balaban J connectivity index is 1.64. The largest absolute Gasteiger partial charge is 0.326 e. The van der Waals surface area contributed by atoms with Gasteiger partial charge < -0.3 is 15.5 Å². The van der Waals surface area contributed by atoms with Crippen molar-refractivity contribution in [3.63, 3.8) is 0 Å². The van der Waals surface area contributed by atoms with Crippen LogP contribution in [0.4, 0.5) is 21.5 Å². The quantitative estimate of drug-likeness (QED) is 0.850. The molecule has 2 aromatic rings. The predicted octanol–water partition coefficient (Wildman–Crippen LogP) is 3.09. The number of hydrogen-bond donors (Lipinski definition) is 2. The summed E-state index contributed by atoms with van der Waals surface area (Å²) in [4.78, 5) is 36.8. The number of amides is 3. The highest BCUT2D eigenvalue weighted by molar-refractivity contribution is 5.96. The number of hydrogen-bond acceptors (Lipinski definition) is 3. The number of benzene rings is 2. The van der Waals surface area contributed by atoms with Crippen LogP contribution in [-0.2, 0) is 20.8 Å². The molecule has 0 radical (unpaired) electrons. The Kier molecular flexibility index (Phi) is 5.49. The minimum atomic E-state index is -0.583. The van der Waals surface area contributed by atoms with Crippen LogP contribution >= 0.6 is 0 Å². The third-order valence-electron chi connectivity index (χ3n) is 4.25. The van der Waals surface area contributed by atoms with Crippen LogP contribution in [-0.4, -0.2) is 24.3 Å². The summed E-state index contributed by atoms with van der Waals surface area (Å²) in [6, 6.07) is 11.2. The maximum atomic E-state index is 13.9. The molecule has 140 valence electrons. The van der Waals surface area contributed by atoms with Gasteiger partial charge in [-0.2, -0.15) is 0 Å². The van der Waals surface area contributed by atoms with E-state index in [-0.39, 0.29) is 29.8 Å². The summed E-state index contributed by atoms with van der Waals surface area (Å²) >= 11 is 0. The minimum Gasteiger partial charge on any atom is -0.326 e. The number of rotatable bonds is 5. The lowest BCUT2D eigenvalue weighted by atomic mass is 10.1. The minimum absolute atomic E-state index is 0.00512. The second kappa shape index (κ2) is 7.99. The Morgan fingerprint density at radius 1 is 1.11 bits per heavy atom. The van der Waals surface area contributed by atoms with E-state index in [2.05, 4.69) is 10.6 Å². The molecular formula is C20H20FN3O3. The van der Waals surface area contributed by atoms with E-state index in [1.807, 2.05) is 12.1 Å². The molecule has 1 heterocycles. The van der Waals surface area contributed by atoms with E-state index in [4.69, 9.17) is 0 Å². The SMILES string of the molecule is CC(=O)Nc1ccc(F)c(NC(=O)Cc2ccc(N3CCCC3=O)cc2)c1. The molecule has 0 unspecified atom stereocenters. The van der Waals surface area contributed by atoms with Gasteiger partial charge in [-0.3, -0.25) is 14.4 Å². The van der Waals surface area contributed by atoms with Crippen LogP contribution < -0.4 is 15.5 Å². The van der Waals surface area contributed by atoms with Crippen molar-refractivity contribution in [1.29, 1.82) is 0 Å². The molecule has 1 aliphatic heterocycles. The van der Waals surface area contributed by atoms with Gasteiger partial charge >= 0.3 is 0 Å². The highest BCUT2D eigenvalue weighted by Gasteiger charge is 2.21. The van der Waals surface area contributed by atoms with Gasteiger partial charge in [-0.15, -0.1) is 0 Å². The fourth-order valence-corrected chi connectivity index (χ4v) is 3.00. The summed E-state index contributed by atoms with van der Waals surface area (Å²) in [6.07, 6.45) is 1.48. The van der Waals surface area contributed by atoms with E-state index >= 15 is 0 Å². The predicted molar refractivity (Wildman–Crippen MR) is 101 cm³/mol. The van der Waals surface area contributed by atoms with Gasteiger partial charge in [-0.25, -0.2) is 4.39 Å². The summed E-state index contributed by atoms with van der Waals surface area (Å²) in [5.41, 5.74) is 1.97. The van der Waals surface area contributed by atoms with Gasteiger partial charge in [-0.05, 0) is 42.3 Å². The van der Waals surface area contributed by atoms with Crippen molar-refractivity contribution >= 4 is 34.8 Å². The van der Waals surface area contributed by atoms with Crippen LogP contribution in [0, 0.1) is 5.82 Å². The lowest BCUT2D eigenvalue weighted by molar-refractivity contribution is -0.117. The van der Waals surface area contributed by atoms with Crippen molar-refractivity contribution in [2.75, 3.05) is 22.1 Å². The molecule has 3 amide bonds. The van der Waals surface area contributed by atoms with Crippen molar-refractivity contribution in [1.82, 2.24) is 0 Å². The van der Waals surface area contributed by atoms with Crippen molar-refractivity contribution in [2.45, 2.75) is 26.2 Å². The molecule has 2 aromatic carbocycles. The second-order valence-electron chi connectivity index (χ2n) is 6.42. The van der Waals surface area contributed by atoms with Crippen molar-refractivity contribution < 1.29 is 18.8 Å². The third kappa shape index (κ3) is 4.69. The van der Waals surface area contributed by atoms with Crippen LogP contribution in [0.1, 0.15) is 25.3 Å². The van der Waals surface area contributed by atoms with Gasteiger partial charge in [0.25, 0.3) is 0 Å². The van der Waals surface area contributed by atoms with E-state index in [9.17, 15) is 18.8 Å². The normalized spacial score (nSPS) is 13.6. The van der Waals surface area contributed by atoms with Crippen molar-refractivity contribution in [3.05, 3.63) is 53.8 Å². The molecular weight excluding hydrogens is 349 g/mol. The first kappa shape index (κ1) is 18.6. The maximum absolute atomic E-state index is 13.9. The fraction of sp³-hybridized carbons (Fsp3) is 0.250. The number of nitrogens with zero attached hydrogens (tertiary/aromatic N) is 1. The van der Waals surface area contributed by atoms with Gasteiger partial charge in [0.2, 0.25) is 17.7 Å². The Morgan fingerprint density at radius 2 is 1.85 bits per heavy atom. The monoisotopic (exact) mass is 369 g/mol. The summed E-state index contributed by atoms with van der Waals surface area (Å²) in [5.74, 6) is -1.13. The summed E-state index contributed by atoms with van der Waals surface area (Å²) in [5, 5.41) is 5.06. The first-order valence-corrected chi connectivity index (χ1v) is 8.68. The molecule has 3 rings (SSSR count). The van der Waals surface area contributed by atoms with E-state index in [1.54, 1.807) is 17.0 Å². The van der Waals surface area contributed by atoms with Crippen LogP contribution in [0.25, 0.3) is 0 Å². The number of anilines is 3. The Morgan fingerprint density at radius 3 is 2.48 bits per heavy atom. The first-order valence-electron chi connectivity index (χ1n) is 8.68.